The monoisotopic (exact) mass is 436 g/mol. The number of non-ortho nitro benzene ring substituents is 1. The van der Waals surface area contributed by atoms with Crippen LogP contribution in [0.2, 0.25) is 0 Å². The first-order chi connectivity index (χ1) is 15.5. The van der Waals surface area contributed by atoms with E-state index >= 15 is 0 Å². The van der Waals surface area contributed by atoms with Crippen LogP contribution < -0.4 is 9.64 Å². The summed E-state index contributed by atoms with van der Waals surface area (Å²) in [5.41, 5.74) is 1.89. The number of fused-ring (bicyclic) bond motifs is 2. The molecule has 32 heavy (non-hydrogen) atoms. The van der Waals surface area contributed by atoms with Gasteiger partial charge in [0.25, 0.3) is 11.6 Å². The average molecular weight is 436 g/mol. The molecule has 0 N–H and O–H groups in total. The Hall–Kier alpha value is -4.14. The first-order valence-electron chi connectivity index (χ1n) is 9.95. The molecule has 0 fully saturated rings. The number of aryl methyl sites for hydroxylation is 1. The maximum Gasteiger partial charge on any atom is 0.331 e. The number of nitrogens with zero attached hydrogens (tertiary/aromatic N) is 2. The van der Waals surface area contributed by atoms with Crippen LogP contribution in [-0.2, 0) is 20.7 Å². The summed E-state index contributed by atoms with van der Waals surface area (Å²) >= 11 is 0. The molecule has 0 bridgehead atoms. The zero-order valence-electron chi connectivity index (χ0n) is 17.3. The van der Waals surface area contributed by atoms with Crippen molar-refractivity contribution >= 4 is 40.3 Å². The van der Waals surface area contributed by atoms with E-state index in [0.717, 1.165) is 10.9 Å². The van der Waals surface area contributed by atoms with Crippen molar-refractivity contribution in [2.75, 3.05) is 25.2 Å². The fourth-order valence-corrected chi connectivity index (χ4v) is 3.66. The molecule has 1 aromatic heterocycles. The van der Waals surface area contributed by atoms with Crippen LogP contribution >= 0.6 is 0 Å². The molecule has 0 aliphatic carbocycles. The van der Waals surface area contributed by atoms with Gasteiger partial charge in [-0.3, -0.25) is 14.9 Å². The number of ether oxygens (including phenoxy) is 2. The Labute approximate surface area is 183 Å². The standard InChI is InChI=1S/C23H20N2O7/c1-30-20-6-2-4-16-13-18(32-23(16)20)8-10-22(27)31-14-21(26)24-11-3-5-15-12-17(25(28)29)7-9-19(15)24/h2,4,6-10,12-13H,3,5,11,14H2,1H3/b10-8+. The summed E-state index contributed by atoms with van der Waals surface area (Å²) in [7, 11) is 1.54. The third kappa shape index (κ3) is 4.31. The van der Waals surface area contributed by atoms with Gasteiger partial charge in [-0.25, -0.2) is 4.79 Å². The Morgan fingerprint density at radius 3 is 2.88 bits per heavy atom. The summed E-state index contributed by atoms with van der Waals surface area (Å²) in [5, 5.41) is 11.8. The zero-order chi connectivity index (χ0) is 22.7. The predicted molar refractivity (Wildman–Crippen MR) is 117 cm³/mol. The van der Waals surface area contributed by atoms with E-state index in [1.807, 2.05) is 12.1 Å². The van der Waals surface area contributed by atoms with Gasteiger partial charge in [0.1, 0.15) is 5.76 Å². The lowest BCUT2D eigenvalue weighted by molar-refractivity contribution is -0.384. The Kier molecular flexibility index (Phi) is 5.89. The Morgan fingerprint density at radius 2 is 2.09 bits per heavy atom. The van der Waals surface area contributed by atoms with Crippen LogP contribution in [0.1, 0.15) is 17.7 Å². The van der Waals surface area contributed by atoms with Crippen molar-refractivity contribution in [1.82, 2.24) is 0 Å². The molecule has 0 saturated carbocycles. The maximum absolute atomic E-state index is 12.6. The lowest BCUT2D eigenvalue weighted by Crippen LogP contribution is -2.38. The van der Waals surface area contributed by atoms with Crippen molar-refractivity contribution in [1.29, 1.82) is 0 Å². The molecule has 0 spiro atoms. The van der Waals surface area contributed by atoms with Crippen molar-refractivity contribution in [3.8, 4) is 5.75 Å². The predicted octanol–water partition coefficient (Wildman–Crippen LogP) is 3.89. The van der Waals surface area contributed by atoms with E-state index in [0.29, 0.717) is 42.2 Å². The van der Waals surface area contributed by atoms with Gasteiger partial charge in [0.2, 0.25) is 0 Å². The number of furan rings is 1. The molecule has 0 unspecified atom stereocenters. The second-order valence-electron chi connectivity index (χ2n) is 7.19. The lowest BCUT2D eigenvalue weighted by Gasteiger charge is -2.29. The molecule has 1 aliphatic rings. The molecule has 1 aliphatic heterocycles. The molecule has 0 radical (unpaired) electrons. The number of para-hydroxylation sites is 1. The topological polar surface area (TPSA) is 112 Å². The number of nitro groups is 1. The van der Waals surface area contributed by atoms with Gasteiger partial charge in [0.05, 0.1) is 12.0 Å². The SMILES string of the molecule is COc1cccc2cc(/C=C/C(=O)OCC(=O)N3CCCc4cc([N+](=O)[O-])ccc43)oc12. The number of rotatable bonds is 6. The first-order valence-corrected chi connectivity index (χ1v) is 9.95. The Balaban J connectivity index is 1.38. The van der Waals surface area contributed by atoms with E-state index in [1.165, 1.54) is 29.2 Å². The summed E-state index contributed by atoms with van der Waals surface area (Å²) in [4.78, 5) is 36.7. The molecule has 0 atom stereocenters. The second-order valence-corrected chi connectivity index (χ2v) is 7.19. The van der Waals surface area contributed by atoms with Crippen molar-refractivity contribution < 1.29 is 28.4 Å². The zero-order valence-corrected chi connectivity index (χ0v) is 17.3. The summed E-state index contributed by atoms with van der Waals surface area (Å²) in [6.45, 7) is 0.0193. The molecule has 9 nitrogen and oxygen atoms in total. The Bertz CT molecular complexity index is 1230. The molecular weight excluding hydrogens is 416 g/mol. The minimum absolute atomic E-state index is 0.0159. The first kappa shape index (κ1) is 21.1. The molecular formula is C23H20N2O7. The van der Waals surface area contributed by atoms with Crippen LogP contribution in [0, 0.1) is 10.1 Å². The second kappa shape index (κ2) is 8.93. The van der Waals surface area contributed by atoms with Gasteiger partial charge in [-0.1, -0.05) is 12.1 Å². The fourth-order valence-electron chi connectivity index (χ4n) is 3.66. The number of carbonyl (C=O) groups is 2. The number of hydrogen-bond donors (Lipinski definition) is 0. The quantitative estimate of drug-likeness (QED) is 0.249. The van der Waals surface area contributed by atoms with Crippen LogP contribution in [-0.4, -0.2) is 37.1 Å². The highest BCUT2D eigenvalue weighted by Crippen LogP contribution is 2.31. The maximum atomic E-state index is 12.6. The molecule has 2 heterocycles. The van der Waals surface area contributed by atoms with E-state index in [-0.39, 0.29) is 5.69 Å². The minimum atomic E-state index is -0.688. The van der Waals surface area contributed by atoms with Gasteiger partial charge >= 0.3 is 5.97 Å². The van der Waals surface area contributed by atoms with E-state index in [9.17, 15) is 19.7 Å². The third-order valence-electron chi connectivity index (χ3n) is 5.16. The molecule has 9 heteroatoms. The van der Waals surface area contributed by atoms with Crippen LogP contribution in [0.25, 0.3) is 17.0 Å². The van der Waals surface area contributed by atoms with E-state index in [2.05, 4.69) is 0 Å². The highest BCUT2D eigenvalue weighted by Gasteiger charge is 2.25. The largest absolute Gasteiger partial charge is 0.493 e. The van der Waals surface area contributed by atoms with E-state index in [1.54, 1.807) is 25.3 Å². The summed E-state index contributed by atoms with van der Waals surface area (Å²) < 4.78 is 16.0. The van der Waals surface area contributed by atoms with Gasteiger partial charge in [-0.2, -0.15) is 0 Å². The molecule has 1 amide bonds. The lowest BCUT2D eigenvalue weighted by atomic mass is 10.0. The molecule has 164 valence electrons. The van der Waals surface area contributed by atoms with Crippen LogP contribution in [0.15, 0.2) is 53.0 Å². The van der Waals surface area contributed by atoms with Gasteiger partial charge < -0.3 is 18.8 Å². The van der Waals surface area contributed by atoms with Gasteiger partial charge in [0, 0.05) is 35.8 Å². The summed E-state index contributed by atoms with van der Waals surface area (Å²) in [5.74, 6) is -0.0523. The van der Waals surface area contributed by atoms with Gasteiger partial charge in [0.15, 0.2) is 17.9 Å². The number of benzene rings is 2. The van der Waals surface area contributed by atoms with E-state index in [4.69, 9.17) is 13.9 Å². The van der Waals surface area contributed by atoms with Gasteiger partial charge in [-0.05, 0) is 42.7 Å². The highest BCUT2D eigenvalue weighted by molar-refractivity contribution is 5.97. The number of amides is 1. The van der Waals surface area contributed by atoms with Gasteiger partial charge in [-0.15, -0.1) is 0 Å². The molecule has 3 aromatic rings. The third-order valence-corrected chi connectivity index (χ3v) is 5.16. The number of methoxy groups -OCH3 is 1. The van der Waals surface area contributed by atoms with E-state index < -0.39 is 23.4 Å². The van der Waals surface area contributed by atoms with Crippen LogP contribution in [0.5, 0.6) is 5.75 Å². The average Bonchev–Trinajstić information content (AvgIpc) is 3.23. The number of esters is 1. The van der Waals surface area contributed by atoms with Crippen molar-refractivity contribution in [2.45, 2.75) is 12.8 Å². The minimum Gasteiger partial charge on any atom is -0.493 e. The number of carbonyl (C=O) groups excluding carboxylic acids is 2. The van der Waals surface area contributed by atoms with Crippen LogP contribution in [0.4, 0.5) is 11.4 Å². The fraction of sp³-hybridized carbons (Fsp3) is 0.217. The van der Waals surface area contributed by atoms with Crippen molar-refractivity contribution in [2.24, 2.45) is 0 Å². The molecule has 0 saturated heterocycles. The van der Waals surface area contributed by atoms with Crippen molar-refractivity contribution in [3.05, 3.63) is 70.0 Å². The normalized spacial score (nSPS) is 13.2. The van der Waals surface area contributed by atoms with Crippen molar-refractivity contribution in [3.63, 3.8) is 0 Å². The summed E-state index contributed by atoms with van der Waals surface area (Å²) in [6.07, 6.45) is 3.96. The Morgan fingerprint density at radius 1 is 1.25 bits per heavy atom. The number of hydrogen-bond acceptors (Lipinski definition) is 7. The highest BCUT2D eigenvalue weighted by atomic mass is 16.6. The number of nitro benzene ring substituents is 1. The smallest absolute Gasteiger partial charge is 0.331 e. The molecule has 2 aromatic carbocycles. The number of anilines is 1. The van der Waals surface area contributed by atoms with Crippen LogP contribution in [0.3, 0.4) is 0 Å². The molecule has 4 rings (SSSR count). The summed E-state index contributed by atoms with van der Waals surface area (Å²) in [6, 6.07) is 11.6.